The van der Waals surface area contributed by atoms with E-state index in [0.29, 0.717) is 18.1 Å². The molecule has 2 unspecified atom stereocenters. The molecule has 134 valence electrons. The first kappa shape index (κ1) is 18.3. The number of amides is 1. The molecule has 2 atom stereocenters. The fraction of sp³-hybridized carbons (Fsp3) is 0.444. The minimum atomic E-state index is -0.0417. The standard InChI is InChI=1S/C18H22ClN3O2S/c1-12-9-22(10-13(2)24-12)11-17(23)21-18-20-8-15(25-18)7-14-5-3-4-6-16(14)19/h3-6,8,12-13H,7,9-11H2,1-2H3,(H,20,21,23). The largest absolute Gasteiger partial charge is 0.373 e. The number of aromatic nitrogens is 1. The molecular weight excluding hydrogens is 358 g/mol. The lowest BCUT2D eigenvalue weighted by molar-refractivity contribution is -0.121. The summed E-state index contributed by atoms with van der Waals surface area (Å²) in [5, 5.41) is 4.27. The maximum Gasteiger partial charge on any atom is 0.240 e. The number of rotatable bonds is 5. The molecule has 1 aliphatic rings. The van der Waals surface area contributed by atoms with Crippen molar-refractivity contribution in [3.63, 3.8) is 0 Å². The highest BCUT2D eigenvalue weighted by Crippen LogP contribution is 2.24. The lowest BCUT2D eigenvalue weighted by atomic mass is 10.1. The molecule has 0 spiro atoms. The lowest BCUT2D eigenvalue weighted by Gasteiger charge is -2.34. The monoisotopic (exact) mass is 379 g/mol. The second-order valence-corrected chi connectivity index (χ2v) is 7.92. The number of benzene rings is 1. The third-order valence-corrected chi connectivity index (χ3v) is 5.27. The highest BCUT2D eigenvalue weighted by molar-refractivity contribution is 7.15. The fourth-order valence-electron chi connectivity index (χ4n) is 3.05. The van der Waals surface area contributed by atoms with E-state index in [9.17, 15) is 4.79 Å². The van der Waals surface area contributed by atoms with Gasteiger partial charge in [0.15, 0.2) is 5.13 Å². The van der Waals surface area contributed by atoms with Crippen LogP contribution in [0.25, 0.3) is 0 Å². The zero-order valence-corrected chi connectivity index (χ0v) is 15.9. The molecule has 1 fully saturated rings. The average Bonchev–Trinajstić information content (AvgIpc) is 2.95. The Bertz CT molecular complexity index is 727. The first-order chi connectivity index (χ1) is 12.0. The van der Waals surface area contributed by atoms with E-state index in [2.05, 4.69) is 15.2 Å². The van der Waals surface area contributed by atoms with E-state index in [0.717, 1.165) is 28.6 Å². The molecule has 25 heavy (non-hydrogen) atoms. The maximum atomic E-state index is 12.3. The predicted octanol–water partition coefficient (Wildman–Crippen LogP) is 3.44. The van der Waals surface area contributed by atoms with Crippen LogP contribution in [-0.2, 0) is 16.0 Å². The number of anilines is 1. The number of nitrogens with zero attached hydrogens (tertiary/aromatic N) is 2. The van der Waals surface area contributed by atoms with Crippen molar-refractivity contribution in [1.82, 2.24) is 9.88 Å². The molecule has 0 aliphatic carbocycles. The van der Waals surface area contributed by atoms with Gasteiger partial charge < -0.3 is 10.1 Å². The predicted molar refractivity (Wildman–Crippen MR) is 101 cm³/mol. The highest BCUT2D eigenvalue weighted by atomic mass is 35.5. The molecule has 1 N–H and O–H groups in total. The van der Waals surface area contributed by atoms with Crippen molar-refractivity contribution < 1.29 is 9.53 Å². The highest BCUT2D eigenvalue weighted by Gasteiger charge is 2.23. The van der Waals surface area contributed by atoms with Gasteiger partial charge in [0.05, 0.1) is 18.8 Å². The molecule has 2 aromatic rings. The summed E-state index contributed by atoms with van der Waals surface area (Å²) in [5.74, 6) is -0.0417. The minimum Gasteiger partial charge on any atom is -0.373 e. The van der Waals surface area contributed by atoms with Crippen molar-refractivity contribution in [2.75, 3.05) is 25.0 Å². The summed E-state index contributed by atoms with van der Waals surface area (Å²) in [6, 6.07) is 7.76. The number of thiazole rings is 1. The number of carbonyl (C=O) groups is 1. The first-order valence-electron chi connectivity index (χ1n) is 8.35. The van der Waals surface area contributed by atoms with Crippen molar-refractivity contribution >= 4 is 34.0 Å². The van der Waals surface area contributed by atoms with Crippen LogP contribution < -0.4 is 5.32 Å². The molecule has 0 bridgehead atoms. The van der Waals surface area contributed by atoms with E-state index < -0.39 is 0 Å². The van der Waals surface area contributed by atoms with Crippen LogP contribution in [0.2, 0.25) is 5.02 Å². The molecule has 7 heteroatoms. The van der Waals surface area contributed by atoms with E-state index in [1.165, 1.54) is 11.3 Å². The SMILES string of the molecule is CC1CN(CC(=O)Nc2ncc(Cc3ccccc3Cl)s2)CC(C)O1. The Hall–Kier alpha value is -1.47. The van der Waals surface area contributed by atoms with Gasteiger partial charge in [0.1, 0.15) is 0 Å². The van der Waals surface area contributed by atoms with E-state index in [-0.39, 0.29) is 18.1 Å². The second kappa shape index (κ2) is 8.27. The summed E-state index contributed by atoms with van der Waals surface area (Å²) in [6.07, 6.45) is 2.81. The van der Waals surface area contributed by atoms with Gasteiger partial charge in [-0.1, -0.05) is 29.8 Å². The third-order valence-electron chi connectivity index (χ3n) is 3.98. The topological polar surface area (TPSA) is 54.5 Å². The van der Waals surface area contributed by atoms with E-state index in [4.69, 9.17) is 16.3 Å². The van der Waals surface area contributed by atoms with Gasteiger partial charge in [0.2, 0.25) is 5.91 Å². The van der Waals surface area contributed by atoms with Gasteiger partial charge in [0, 0.05) is 35.6 Å². The number of hydrogen-bond acceptors (Lipinski definition) is 5. The molecule has 3 rings (SSSR count). The van der Waals surface area contributed by atoms with Crippen LogP contribution in [0.3, 0.4) is 0 Å². The van der Waals surface area contributed by atoms with Gasteiger partial charge in [-0.15, -0.1) is 11.3 Å². The van der Waals surface area contributed by atoms with Crippen molar-refractivity contribution in [3.05, 3.63) is 45.9 Å². The van der Waals surface area contributed by atoms with Gasteiger partial charge in [-0.05, 0) is 25.5 Å². The molecule has 5 nitrogen and oxygen atoms in total. The van der Waals surface area contributed by atoms with E-state index >= 15 is 0 Å². The van der Waals surface area contributed by atoms with Crippen LogP contribution in [0.1, 0.15) is 24.3 Å². The Kier molecular flexibility index (Phi) is 6.06. The molecular formula is C18H22ClN3O2S. The summed E-state index contributed by atoms with van der Waals surface area (Å²) >= 11 is 7.68. The molecule has 1 aromatic carbocycles. The fourth-order valence-corrected chi connectivity index (χ4v) is 4.11. The van der Waals surface area contributed by atoms with Gasteiger partial charge in [0.25, 0.3) is 0 Å². The summed E-state index contributed by atoms with van der Waals surface area (Å²) in [5.41, 5.74) is 1.06. The van der Waals surface area contributed by atoms with Gasteiger partial charge in [-0.3, -0.25) is 9.69 Å². The summed E-state index contributed by atoms with van der Waals surface area (Å²) < 4.78 is 5.69. The Morgan fingerprint density at radius 2 is 2.08 bits per heavy atom. The summed E-state index contributed by atoms with van der Waals surface area (Å²) in [7, 11) is 0. The van der Waals surface area contributed by atoms with Crippen LogP contribution in [0.15, 0.2) is 30.5 Å². The van der Waals surface area contributed by atoms with Crippen molar-refractivity contribution in [2.24, 2.45) is 0 Å². The third kappa shape index (κ3) is 5.25. The Balaban J connectivity index is 1.54. The minimum absolute atomic E-state index is 0.0417. The first-order valence-corrected chi connectivity index (χ1v) is 9.55. The van der Waals surface area contributed by atoms with Crippen molar-refractivity contribution in [2.45, 2.75) is 32.5 Å². The Labute approximate surface area is 157 Å². The van der Waals surface area contributed by atoms with Crippen LogP contribution in [-0.4, -0.2) is 47.6 Å². The smallest absolute Gasteiger partial charge is 0.240 e. The van der Waals surface area contributed by atoms with Gasteiger partial charge in [-0.25, -0.2) is 4.98 Å². The second-order valence-electron chi connectivity index (χ2n) is 6.40. The normalized spacial score (nSPS) is 21.2. The molecule has 0 saturated carbocycles. The molecule has 1 saturated heterocycles. The molecule has 1 amide bonds. The molecule has 2 heterocycles. The number of halogens is 1. The van der Waals surface area contributed by atoms with Crippen LogP contribution in [0, 0.1) is 0 Å². The van der Waals surface area contributed by atoms with E-state index in [1.54, 1.807) is 6.20 Å². The number of carbonyl (C=O) groups excluding carboxylic acids is 1. The van der Waals surface area contributed by atoms with Crippen molar-refractivity contribution in [3.8, 4) is 0 Å². The van der Waals surface area contributed by atoms with Crippen molar-refractivity contribution in [1.29, 1.82) is 0 Å². The summed E-state index contributed by atoms with van der Waals surface area (Å²) in [6.45, 7) is 5.96. The summed E-state index contributed by atoms with van der Waals surface area (Å²) in [4.78, 5) is 19.8. The number of hydrogen-bond donors (Lipinski definition) is 1. The van der Waals surface area contributed by atoms with Crippen LogP contribution in [0.4, 0.5) is 5.13 Å². The number of morpholine rings is 1. The quantitative estimate of drug-likeness (QED) is 0.864. The number of ether oxygens (including phenoxy) is 1. The Morgan fingerprint density at radius 3 is 2.80 bits per heavy atom. The Morgan fingerprint density at radius 1 is 1.36 bits per heavy atom. The van der Waals surface area contributed by atoms with Crippen LogP contribution >= 0.6 is 22.9 Å². The molecule has 1 aromatic heterocycles. The zero-order chi connectivity index (χ0) is 17.8. The lowest BCUT2D eigenvalue weighted by Crippen LogP contribution is -2.48. The average molecular weight is 380 g/mol. The molecule has 0 radical (unpaired) electrons. The van der Waals surface area contributed by atoms with Gasteiger partial charge in [-0.2, -0.15) is 0 Å². The van der Waals surface area contributed by atoms with Gasteiger partial charge >= 0.3 is 0 Å². The number of nitrogens with one attached hydrogen (secondary N) is 1. The van der Waals surface area contributed by atoms with E-state index in [1.807, 2.05) is 38.1 Å². The maximum absolute atomic E-state index is 12.3. The molecule has 1 aliphatic heterocycles. The zero-order valence-electron chi connectivity index (χ0n) is 14.4. The van der Waals surface area contributed by atoms with Crippen LogP contribution in [0.5, 0.6) is 0 Å².